The van der Waals surface area contributed by atoms with Gasteiger partial charge in [-0.25, -0.2) is 0 Å². The van der Waals surface area contributed by atoms with Crippen LogP contribution in [-0.4, -0.2) is 40.3 Å². The lowest BCUT2D eigenvalue weighted by atomic mass is 10.1. The van der Waals surface area contributed by atoms with Gasteiger partial charge in [-0.1, -0.05) is 23.2 Å². The second-order valence-corrected chi connectivity index (χ2v) is 8.34. The number of carbonyl (C=O) groups is 4. The third kappa shape index (κ3) is 3.48. The molecule has 10 heteroatoms. The third-order valence-electron chi connectivity index (χ3n) is 4.61. The maximum absolute atomic E-state index is 12.7. The number of benzene rings is 2. The van der Waals surface area contributed by atoms with Gasteiger partial charge in [0.15, 0.2) is 0 Å². The lowest BCUT2D eigenvalue weighted by Gasteiger charge is -2.22. The fourth-order valence-electron chi connectivity index (χ4n) is 3.13. The Morgan fingerprint density at radius 2 is 1.72 bits per heavy atom. The zero-order valence-electron chi connectivity index (χ0n) is 14.9. The number of hydrogen-bond acceptors (Lipinski definition) is 5. The van der Waals surface area contributed by atoms with Crippen molar-refractivity contribution in [3.05, 3.63) is 51.5 Å². The van der Waals surface area contributed by atoms with Crippen LogP contribution in [0.4, 0.5) is 11.4 Å². The van der Waals surface area contributed by atoms with E-state index < -0.39 is 23.8 Å². The number of rotatable bonds is 3. The fraction of sp³-hybridized carbons (Fsp3) is 0.158. The van der Waals surface area contributed by atoms with Gasteiger partial charge in [0.2, 0.25) is 11.8 Å². The lowest BCUT2D eigenvalue weighted by Crippen LogP contribution is -2.45. The SMILES string of the molecule is C[C@@H](C(=O)Nc1ccc2c(c1)NC(=O)CS2)N1C(=O)c2cc(Cl)c(Cl)cc2C1=O. The molecular formula is C19H13Cl2N3O4S. The lowest BCUT2D eigenvalue weighted by molar-refractivity contribution is -0.119. The predicted octanol–water partition coefficient (Wildman–Crippen LogP) is 3.66. The number of halogens is 2. The second kappa shape index (κ2) is 7.37. The summed E-state index contributed by atoms with van der Waals surface area (Å²) >= 11 is 13.3. The first-order chi connectivity index (χ1) is 13.8. The van der Waals surface area contributed by atoms with E-state index in [-0.39, 0.29) is 27.1 Å². The Hall–Kier alpha value is -2.55. The highest BCUT2D eigenvalue weighted by atomic mass is 35.5. The Bertz CT molecular complexity index is 1060. The maximum atomic E-state index is 12.7. The first-order valence-corrected chi connectivity index (χ1v) is 10.2. The molecule has 0 aliphatic carbocycles. The van der Waals surface area contributed by atoms with Crippen molar-refractivity contribution in [1.82, 2.24) is 4.90 Å². The maximum Gasteiger partial charge on any atom is 0.262 e. The van der Waals surface area contributed by atoms with Crippen molar-refractivity contribution in [3.63, 3.8) is 0 Å². The van der Waals surface area contributed by atoms with Gasteiger partial charge in [-0.2, -0.15) is 0 Å². The number of amides is 4. The largest absolute Gasteiger partial charge is 0.324 e. The van der Waals surface area contributed by atoms with E-state index in [0.717, 1.165) is 9.80 Å². The number of thioether (sulfide) groups is 1. The summed E-state index contributed by atoms with van der Waals surface area (Å²) in [6, 6.07) is 6.69. The molecule has 148 valence electrons. The van der Waals surface area contributed by atoms with Crippen LogP contribution in [-0.2, 0) is 9.59 Å². The molecular weight excluding hydrogens is 437 g/mol. The van der Waals surface area contributed by atoms with Crippen molar-refractivity contribution in [2.24, 2.45) is 0 Å². The van der Waals surface area contributed by atoms with Crippen LogP contribution >= 0.6 is 35.0 Å². The number of nitrogens with zero attached hydrogens (tertiary/aromatic N) is 1. The molecule has 2 heterocycles. The minimum absolute atomic E-state index is 0.109. The van der Waals surface area contributed by atoms with Crippen molar-refractivity contribution in [3.8, 4) is 0 Å². The Morgan fingerprint density at radius 1 is 1.10 bits per heavy atom. The summed E-state index contributed by atoms with van der Waals surface area (Å²) in [5.74, 6) is -1.56. The van der Waals surface area contributed by atoms with E-state index in [0.29, 0.717) is 17.1 Å². The first-order valence-electron chi connectivity index (χ1n) is 8.50. The van der Waals surface area contributed by atoms with Gasteiger partial charge in [-0.3, -0.25) is 24.1 Å². The average Bonchev–Trinajstić information content (AvgIpc) is 2.91. The van der Waals surface area contributed by atoms with Crippen LogP contribution in [0.3, 0.4) is 0 Å². The summed E-state index contributed by atoms with van der Waals surface area (Å²) in [5.41, 5.74) is 1.25. The number of carbonyl (C=O) groups excluding carboxylic acids is 4. The molecule has 0 saturated carbocycles. The molecule has 0 spiro atoms. The quantitative estimate of drug-likeness (QED) is 0.696. The topological polar surface area (TPSA) is 95.6 Å². The number of hydrogen-bond donors (Lipinski definition) is 2. The summed E-state index contributed by atoms with van der Waals surface area (Å²) in [6.07, 6.45) is 0. The van der Waals surface area contributed by atoms with E-state index in [9.17, 15) is 19.2 Å². The zero-order chi connectivity index (χ0) is 20.9. The molecule has 2 N–H and O–H groups in total. The zero-order valence-corrected chi connectivity index (χ0v) is 17.2. The van der Waals surface area contributed by atoms with Crippen molar-refractivity contribution >= 4 is 70.0 Å². The molecule has 1 atom stereocenters. The van der Waals surface area contributed by atoms with Crippen LogP contribution < -0.4 is 10.6 Å². The predicted molar refractivity (Wildman–Crippen MR) is 111 cm³/mol. The molecule has 0 fully saturated rings. The highest BCUT2D eigenvalue weighted by molar-refractivity contribution is 8.00. The summed E-state index contributed by atoms with van der Waals surface area (Å²) in [7, 11) is 0. The molecule has 2 aromatic rings. The fourth-order valence-corrected chi connectivity index (χ4v) is 4.24. The van der Waals surface area contributed by atoms with Crippen LogP contribution in [0, 0.1) is 0 Å². The van der Waals surface area contributed by atoms with E-state index in [4.69, 9.17) is 23.2 Å². The summed E-state index contributed by atoms with van der Waals surface area (Å²) in [6.45, 7) is 1.45. The van der Waals surface area contributed by atoms with Gasteiger partial charge >= 0.3 is 0 Å². The molecule has 2 aliphatic rings. The van der Waals surface area contributed by atoms with Gasteiger partial charge < -0.3 is 10.6 Å². The second-order valence-electron chi connectivity index (χ2n) is 6.51. The Balaban J connectivity index is 1.54. The smallest absolute Gasteiger partial charge is 0.262 e. The molecule has 2 aromatic carbocycles. The van der Waals surface area contributed by atoms with Crippen molar-refractivity contribution in [1.29, 1.82) is 0 Å². The molecule has 4 rings (SSSR count). The van der Waals surface area contributed by atoms with Crippen LogP contribution in [0.5, 0.6) is 0 Å². The van der Waals surface area contributed by atoms with Crippen LogP contribution in [0.15, 0.2) is 35.2 Å². The monoisotopic (exact) mass is 449 g/mol. The summed E-state index contributed by atoms with van der Waals surface area (Å²) in [5, 5.41) is 5.72. The van der Waals surface area contributed by atoms with Crippen molar-refractivity contribution in [2.75, 3.05) is 16.4 Å². The third-order valence-corrected chi connectivity index (χ3v) is 6.40. The van der Waals surface area contributed by atoms with Gasteiger partial charge in [-0.15, -0.1) is 11.8 Å². The highest BCUT2D eigenvalue weighted by Gasteiger charge is 2.41. The molecule has 29 heavy (non-hydrogen) atoms. The van der Waals surface area contributed by atoms with Crippen LogP contribution in [0.25, 0.3) is 0 Å². The Kier molecular flexibility index (Phi) is 5.02. The average molecular weight is 450 g/mol. The van der Waals surface area contributed by atoms with Crippen LogP contribution in [0.2, 0.25) is 10.0 Å². The van der Waals surface area contributed by atoms with Gasteiger partial charge in [0.05, 0.1) is 32.6 Å². The molecule has 4 amide bonds. The van der Waals surface area contributed by atoms with E-state index in [1.54, 1.807) is 18.2 Å². The molecule has 0 aromatic heterocycles. The van der Waals surface area contributed by atoms with E-state index in [2.05, 4.69) is 10.6 Å². The van der Waals surface area contributed by atoms with Crippen molar-refractivity contribution in [2.45, 2.75) is 17.9 Å². The van der Waals surface area contributed by atoms with Gasteiger partial charge in [0.1, 0.15) is 6.04 Å². The minimum Gasteiger partial charge on any atom is -0.324 e. The summed E-state index contributed by atoms with van der Waals surface area (Å²) < 4.78 is 0. The van der Waals surface area contributed by atoms with Gasteiger partial charge in [-0.05, 0) is 37.3 Å². The highest BCUT2D eigenvalue weighted by Crippen LogP contribution is 2.34. The minimum atomic E-state index is -1.07. The molecule has 0 radical (unpaired) electrons. The molecule has 0 bridgehead atoms. The van der Waals surface area contributed by atoms with E-state index in [1.807, 2.05) is 0 Å². The molecule has 7 nitrogen and oxygen atoms in total. The first kappa shape index (κ1) is 19.8. The number of imide groups is 1. The van der Waals surface area contributed by atoms with Gasteiger partial charge in [0, 0.05) is 10.6 Å². The number of nitrogens with one attached hydrogen (secondary N) is 2. The van der Waals surface area contributed by atoms with Crippen LogP contribution in [0.1, 0.15) is 27.6 Å². The molecule has 0 unspecified atom stereocenters. The van der Waals surface area contributed by atoms with Gasteiger partial charge in [0.25, 0.3) is 11.8 Å². The number of anilines is 2. The standard InChI is InChI=1S/C19H13Cl2N3O4S/c1-8(24-18(27)10-5-12(20)13(21)6-11(10)19(24)28)17(26)22-9-2-3-15-14(4-9)23-16(25)7-29-15/h2-6,8H,7H2,1H3,(H,22,26)(H,23,25)/t8-/m0/s1. The van der Waals surface area contributed by atoms with E-state index in [1.165, 1.54) is 30.8 Å². The molecule has 0 saturated heterocycles. The van der Waals surface area contributed by atoms with Crippen molar-refractivity contribution < 1.29 is 19.2 Å². The number of fused-ring (bicyclic) bond motifs is 2. The summed E-state index contributed by atoms with van der Waals surface area (Å²) in [4.78, 5) is 51.4. The Morgan fingerprint density at radius 3 is 2.34 bits per heavy atom. The Labute approximate surface area is 179 Å². The van der Waals surface area contributed by atoms with E-state index >= 15 is 0 Å². The normalized spacial score (nSPS) is 16.2. The molecule has 2 aliphatic heterocycles.